The van der Waals surface area contributed by atoms with Crippen LogP contribution in [0.4, 0.5) is 0 Å². The second kappa shape index (κ2) is 4.43. The summed E-state index contributed by atoms with van der Waals surface area (Å²) in [6, 6.07) is 16.5. The molecule has 0 fully saturated rings. The Kier molecular flexibility index (Phi) is 2.62. The van der Waals surface area contributed by atoms with Crippen LogP contribution in [0, 0.1) is 11.3 Å². The number of nitrogens with zero attached hydrogens (tertiary/aromatic N) is 1. The number of ketones is 1. The number of carbonyl (C=O) groups excluding carboxylic acids is 1. The maximum Gasteiger partial charge on any atom is 0.195 e. The van der Waals surface area contributed by atoms with Gasteiger partial charge < -0.3 is 4.98 Å². The Morgan fingerprint density at radius 1 is 1.11 bits per heavy atom. The number of hydrogen-bond donors (Lipinski definition) is 1. The van der Waals surface area contributed by atoms with Crippen molar-refractivity contribution < 1.29 is 4.79 Å². The molecule has 0 atom stereocenters. The summed E-state index contributed by atoms with van der Waals surface area (Å²) in [5, 5.41) is 9.78. The minimum atomic E-state index is -0.0745. The van der Waals surface area contributed by atoms with Crippen molar-refractivity contribution >= 4 is 16.7 Å². The van der Waals surface area contributed by atoms with E-state index < -0.39 is 0 Å². The van der Waals surface area contributed by atoms with Gasteiger partial charge in [-0.2, -0.15) is 5.26 Å². The second-order valence-electron chi connectivity index (χ2n) is 4.27. The van der Waals surface area contributed by atoms with Crippen LogP contribution in [0.25, 0.3) is 10.9 Å². The van der Waals surface area contributed by atoms with Crippen molar-refractivity contribution in [2.24, 2.45) is 0 Å². The highest BCUT2D eigenvalue weighted by molar-refractivity contribution is 6.16. The number of aromatic nitrogens is 1. The fourth-order valence-corrected chi connectivity index (χ4v) is 2.14. The number of nitriles is 1. The fourth-order valence-electron chi connectivity index (χ4n) is 2.14. The molecule has 1 N–H and O–H groups in total. The third-order valence-electron chi connectivity index (χ3n) is 3.09. The normalized spacial score (nSPS) is 10.3. The molecule has 3 rings (SSSR count). The summed E-state index contributed by atoms with van der Waals surface area (Å²) < 4.78 is 0. The Morgan fingerprint density at radius 2 is 1.95 bits per heavy atom. The van der Waals surface area contributed by atoms with Gasteiger partial charge in [0.15, 0.2) is 5.78 Å². The van der Waals surface area contributed by atoms with E-state index in [1.54, 1.807) is 30.5 Å². The average Bonchev–Trinajstić information content (AvgIpc) is 2.90. The first kappa shape index (κ1) is 11.2. The van der Waals surface area contributed by atoms with Crippen molar-refractivity contribution in [2.75, 3.05) is 0 Å². The first-order valence-electron chi connectivity index (χ1n) is 5.90. The smallest absolute Gasteiger partial charge is 0.195 e. The molecular weight excluding hydrogens is 236 g/mol. The van der Waals surface area contributed by atoms with Gasteiger partial charge in [-0.15, -0.1) is 0 Å². The van der Waals surface area contributed by atoms with E-state index in [2.05, 4.69) is 4.98 Å². The van der Waals surface area contributed by atoms with Crippen LogP contribution < -0.4 is 0 Å². The predicted molar refractivity (Wildman–Crippen MR) is 72.9 cm³/mol. The standard InChI is InChI=1S/C16H10N2O/c17-9-11-4-3-5-12(8-11)16(19)14-10-18-15-7-2-1-6-13(14)15/h1-8,10,18H. The molecule has 3 nitrogen and oxygen atoms in total. The molecule has 0 aliphatic heterocycles. The topological polar surface area (TPSA) is 56.6 Å². The molecule has 19 heavy (non-hydrogen) atoms. The summed E-state index contributed by atoms with van der Waals surface area (Å²) >= 11 is 0. The highest BCUT2D eigenvalue weighted by atomic mass is 16.1. The van der Waals surface area contributed by atoms with E-state index in [4.69, 9.17) is 5.26 Å². The van der Waals surface area contributed by atoms with Gasteiger partial charge in [0.2, 0.25) is 0 Å². The molecule has 0 saturated carbocycles. The van der Waals surface area contributed by atoms with E-state index in [1.165, 1.54) is 0 Å². The molecule has 0 radical (unpaired) electrons. The van der Waals surface area contributed by atoms with E-state index in [9.17, 15) is 4.79 Å². The summed E-state index contributed by atoms with van der Waals surface area (Å²) in [4.78, 5) is 15.5. The number of rotatable bonds is 2. The molecule has 0 amide bonds. The van der Waals surface area contributed by atoms with Crippen LogP contribution in [0.15, 0.2) is 54.7 Å². The second-order valence-corrected chi connectivity index (χ2v) is 4.27. The SMILES string of the molecule is N#Cc1cccc(C(=O)c2c[nH]c3ccccc23)c1. The maximum absolute atomic E-state index is 12.5. The Labute approximate surface area is 110 Å². The lowest BCUT2D eigenvalue weighted by molar-refractivity contribution is 0.104. The third-order valence-corrected chi connectivity index (χ3v) is 3.09. The Bertz CT molecular complexity index is 809. The van der Waals surface area contributed by atoms with E-state index in [0.29, 0.717) is 16.7 Å². The Morgan fingerprint density at radius 3 is 2.79 bits per heavy atom. The molecule has 1 aromatic heterocycles. The van der Waals surface area contributed by atoms with Gasteiger partial charge in [-0.05, 0) is 18.2 Å². The highest BCUT2D eigenvalue weighted by Gasteiger charge is 2.14. The van der Waals surface area contributed by atoms with Gasteiger partial charge in [-0.1, -0.05) is 30.3 Å². The van der Waals surface area contributed by atoms with E-state index in [-0.39, 0.29) is 5.78 Å². The van der Waals surface area contributed by atoms with E-state index in [0.717, 1.165) is 10.9 Å². The number of hydrogen-bond acceptors (Lipinski definition) is 2. The van der Waals surface area contributed by atoms with E-state index >= 15 is 0 Å². The molecule has 3 heteroatoms. The van der Waals surface area contributed by atoms with Crippen molar-refractivity contribution in [1.29, 1.82) is 5.26 Å². The van der Waals surface area contributed by atoms with Crippen LogP contribution in [0.5, 0.6) is 0 Å². The van der Waals surface area contributed by atoms with Crippen molar-refractivity contribution in [3.63, 3.8) is 0 Å². The van der Waals surface area contributed by atoms with Crippen molar-refractivity contribution in [1.82, 2.24) is 4.98 Å². The van der Waals surface area contributed by atoms with Gasteiger partial charge in [0, 0.05) is 28.2 Å². The molecule has 2 aromatic carbocycles. The first-order chi connectivity index (χ1) is 9.29. The lowest BCUT2D eigenvalue weighted by Crippen LogP contribution is -2.00. The van der Waals surface area contributed by atoms with Crippen molar-refractivity contribution in [2.45, 2.75) is 0 Å². The summed E-state index contributed by atoms with van der Waals surface area (Å²) in [6.45, 7) is 0. The molecule has 1 heterocycles. The van der Waals surface area contributed by atoms with Crippen LogP contribution in [0.3, 0.4) is 0 Å². The molecule has 0 aliphatic rings. The molecule has 0 unspecified atom stereocenters. The zero-order valence-electron chi connectivity index (χ0n) is 10.1. The largest absolute Gasteiger partial charge is 0.360 e. The molecule has 0 spiro atoms. The lowest BCUT2D eigenvalue weighted by atomic mass is 10.0. The number of para-hydroxylation sites is 1. The van der Waals surface area contributed by atoms with Gasteiger partial charge in [-0.25, -0.2) is 0 Å². The monoisotopic (exact) mass is 246 g/mol. The zero-order valence-corrected chi connectivity index (χ0v) is 10.1. The van der Waals surface area contributed by atoms with Crippen LogP contribution in [0.2, 0.25) is 0 Å². The van der Waals surface area contributed by atoms with Gasteiger partial charge in [0.25, 0.3) is 0 Å². The number of carbonyl (C=O) groups is 1. The highest BCUT2D eigenvalue weighted by Crippen LogP contribution is 2.21. The molecule has 0 saturated heterocycles. The number of fused-ring (bicyclic) bond motifs is 1. The van der Waals surface area contributed by atoms with Crippen LogP contribution in [-0.2, 0) is 0 Å². The quantitative estimate of drug-likeness (QED) is 0.705. The maximum atomic E-state index is 12.5. The predicted octanol–water partition coefficient (Wildman–Crippen LogP) is 3.27. The minimum absolute atomic E-state index is 0.0745. The summed E-state index contributed by atoms with van der Waals surface area (Å²) in [7, 11) is 0. The van der Waals surface area contributed by atoms with Gasteiger partial charge in [-0.3, -0.25) is 4.79 Å². The molecule has 0 aliphatic carbocycles. The summed E-state index contributed by atoms with van der Waals surface area (Å²) in [5.74, 6) is -0.0745. The fraction of sp³-hybridized carbons (Fsp3) is 0. The van der Waals surface area contributed by atoms with Gasteiger partial charge >= 0.3 is 0 Å². The van der Waals surface area contributed by atoms with Gasteiger partial charge in [0.1, 0.15) is 0 Å². The summed E-state index contributed by atoms with van der Waals surface area (Å²) in [6.07, 6.45) is 1.71. The number of nitrogens with one attached hydrogen (secondary N) is 1. The Balaban J connectivity index is 2.11. The van der Waals surface area contributed by atoms with Gasteiger partial charge in [0.05, 0.1) is 11.6 Å². The van der Waals surface area contributed by atoms with Crippen molar-refractivity contribution in [3.05, 3.63) is 71.4 Å². The zero-order chi connectivity index (χ0) is 13.2. The number of aromatic amines is 1. The van der Waals surface area contributed by atoms with Crippen LogP contribution in [-0.4, -0.2) is 10.8 Å². The van der Waals surface area contributed by atoms with Crippen LogP contribution in [0.1, 0.15) is 21.5 Å². The minimum Gasteiger partial charge on any atom is -0.360 e. The molecule has 0 bridgehead atoms. The van der Waals surface area contributed by atoms with Crippen LogP contribution >= 0.6 is 0 Å². The number of H-pyrrole nitrogens is 1. The Hall–Kier alpha value is -2.86. The lowest BCUT2D eigenvalue weighted by Gasteiger charge is -2.00. The molecule has 90 valence electrons. The third kappa shape index (κ3) is 1.90. The average molecular weight is 246 g/mol. The summed E-state index contributed by atoms with van der Waals surface area (Å²) in [5.41, 5.74) is 2.59. The number of benzene rings is 2. The molecular formula is C16H10N2O. The first-order valence-corrected chi connectivity index (χ1v) is 5.90. The van der Waals surface area contributed by atoms with Crippen molar-refractivity contribution in [3.8, 4) is 6.07 Å². The molecule has 3 aromatic rings. The van der Waals surface area contributed by atoms with E-state index in [1.807, 2.05) is 30.3 Å².